The van der Waals surface area contributed by atoms with E-state index in [1.54, 1.807) is 24.1 Å². The number of carbonyl (C=O) groups excluding carboxylic acids is 2. The Morgan fingerprint density at radius 3 is 2.58 bits per heavy atom. The van der Waals surface area contributed by atoms with Crippen LogP contribution in [0.3, 0.4) is 0 Å². The minimum atomic E-state index is -2.49. The predicted octanol–water partition coefficient (Wildman–Crippen LogP) is 11.9. The monoisotopic (exact) mass is 1290 g/mol. The lowest BCUT2D eigenvalue weighted by molar-refractivity contribution is -0.328. The number of aliphatic hydroxyl groups is 5. The summed E-state index contributed by atoms with van der Waals surface area (Å²) in [6, 6.07) is 7.87. The Labute approximate surface area is 555 Å². The number of aromatic hydroxyl groups is 1. The molecule has 0 unspecified atom stereocenters. The number of H-pyrrole nitrogens is 1. The van der Waals surface area contributed by atoms with E-state index in [0.29, 0.717) is 52.9 Å². The molecule has 1 saturated heterocycles. The van der Waals surface area contributed by atoms with E-state index in [1.165, 1.54) is 80.9 Å². The van der Waals surface area contributed by atoms with Gasteiger partial charge in [0.1, 0.15) is 41.7 Å². The number of ketones is 1. The summed E-state index contributed by atoms with van der Waals surface area (Å²) >= 11 is 0. The highest BCUT2D eigenvalue weighted by atomic mass is 16.7. The Kier molecular flexibility index (Phi) is 13.5. The molecule has 498 valence electrons. The van der Waals surface area contributed by atoms with Gasteiger partial charge in [-0.25, -0.2) is 0 Å². The van der Waals surface area contributed by atoms with E-state index in [0.717, 1.165) is 133 Å². The number of nitrogens with zero attached hydrogens (tertiary/aromatic N) is 1. The van der Waals surface area contributed by atoms with Crippen molar-refractivity contribution in [1.82, 2.24) is 9.88 Å². The summed E-state index contributed by atoms with van der Waals surface area (Å²) in [6.07, 6.45) is 30.3. The number of nitrogens with one attached hydrogen (secondary N) is 1. The number of carbonyl (C=O) groups is 2. The van der Waals surface area contributed by atoms with Crippen LogP contribution in [-0.4, -0.2) is 121 Å². The van der Waals surface area contributed by atoms with E-state index in [-0.39, 0.29) is 94.6 Å². The quantitative estimate of drug-likeness (QED) is 0.0788. The molecule has 15 heteroatoms. The van der Waals surface area contributed by atoms with E-state index in [1.807, 2.05) is 18.2 Å². The Morgan fingerprint density at radius 1 is 0.853 bits per heavy atom. The summed E-state index contributed by atoms with van der Waals surface area (Å²) in [5.41, 5.74) is 9.41. The average molecular weight is 1290 g/mol. The van der Waals surface area contributed by atoms with Crippen LogP contribution in [0.1, 0.15) is 230 Å². The minimum Gasteiger partial charge on any atom is -0.506 e. The number of methoxy groups -OCH3 is 1. The number of allylic oxidation sites excluding steroid dienone is 2. The van der Waals surface area contributed by atoms with Crippen LogP contribution in [0.5, 0.6) is 17.2 Å². The van der Waals surface area contributed by atoms with Crippen molar-refractivity contribution in [2.24, 2.45) is 39.9 Å². The highest BCUT2D eigenvalue weighted by Crippen LogP contribution is 2.77. The number of aromatic amines is 1. The number of phenols is 1. The van der Waals surface area contributed by atoms with Gasteiger partial charge in [0.2, 0.25) is 6.29 Å². The standard InChI is InChI=1S/C80H90N2O13/c1-91-70-52-17-16-46-29-45-11-5-14-50(45)63-61(46)64(52)66-69(87)65(63)58(85)37-82-36-56-44(10-4-15-51(56)73(82)88)12-8-28-92-72-68(86)60-38-93-59(19-18-53(70)71(66)95-74(94-60)80(72,90)42-84)55-35-81-57-30-47-21-26-78-41-79(89)24-6-13-48(79)31-49(78)33-77(34-54(62(55)57)67(47)78)40-75(39-76(77)22-2-3-23-76)25-20-43(32-75)9-7-27-83/h4,10,15,18-19,29-30,35,43,45,48-50,59-60,68,72,74,81,83-84,86-87,89-90H,2-3,5-7,9,11-14,16-17,20-27,31-34,36-42H2,1H3/b19-18+/t43-,45+,48-,49-,50-,59-,60-,68-,72+,74-,75+,77+,78-,79-,80-/m1/s1. The number of amides is 1. The molecule has 7 N–H and O–H groups in total. The van der Waals surface area contributed by atoms with Crippen molar-refractivity contribution in [3.8, 4) is 29.3 Å². The SMILES string of the molecule is COc1c2c3c4c(O)c(c5c6c4c1CCC6=C[C@@H]1CCC[C@@H]51)C(=O)CN1Cc4c(cccc4C1=O)CC#CO[C@H]1[C@H](O)[C@@H](CO[C@@H](c4c[nH]c5cc6c7c(c45)C[C@@]4(C[C@H]5C[C@H]8CCC[C@@]8(O)C[C@@]75CC6)C[C@]5(CC[C@@H](CCCO)C5)CC45CCCC5)/C=C/2)O[C@H](O3)[C@@]1(O)CO. The lowest BCUT2D eigenvalue weighted by Gasteiger charge is -2.53. The molecule has 1 amide bonds. The molecule has 7 fully saturated rings. The van der Waals surface area contributed by atoms with E-state index < -0.39 is 54.3 Å². The first-order valence-electron chi connectivity index (χ1n) is 36.5. The molecule has 6 saturated carbocycles. The molecule has 5 heterocycles. The van der Waals surface area contributed by atoms with Gasteiger partial charge in [-0.15, -0.1) is 0 Å². The Hall–Kier alpha value is -6.22. The first-order valence-corrected chi connectivity index (χ1v) is 36.5. The van der Waals surface area contributed by atoms with Crippen molar-refractivity contribution >= 4 is 45.0 Å². The third-order valence-corrected chi connectivity index (χ3v) is 28.4. The second kappa shape index (κ2) is 21.4. The minimum absolute atomic E-state index is 0.0273. The maximum absolute atomic E-state index is 15.8. The van der Waals surface area contributed by atoms with Crippen molar-refractivity contribution in [3.05, 3.63) is 109 Å². The summed E-state index contributed by atoms with van der Waals surface area (Å²) in [6.45, 7) is -1.11. The third kappa shape index (κ3) is 8.37. The fourth-order valence-electron chi connectivity index (χ4n) is 24.8. The zero-order chi connectivity index (χ0) is 64.3. The first-order chi connectivity index (χ1) is 46.1. The molecule has 8 bridgehead atoms. The molecular weight excluding hydrogens is 1200 g/mol. The van der Waals surface area contributed by atoms with Crippen LogP contribution in [0, 0.1) is 51.9 Å². The van der Waals surface area contributed by atoms with Crippen LogP contribution in [0.4, 0.5) is 0 Å². The van der Waals surface area contributed by atoms with E-state index in [2.05, 4.69) is 35.4 Å². The van der Waals surface area contributed by atoms with Gasteiger partial charge in [-0.3, -0.25) is 9.59 Å². The molecule has 14 aliphatic rings. The molecular formula is C80H90N2O13. The van der Waals surface area contributed by atoms with Gasteiger partial charge in [0, 0.05) is 64.2 Å². The van der Waals surface area contributed by atoms with Crippen LogP contribution in [-0.2, 0) is 51.9 Å². The fourth-order valence-corrected chi connectivity index (χ4v) is 24.8. The van der Waals surface area contributed by atoms with Gasteiger partial charge in [-0.2, -0.15) is 0 Å². The number of aliphatic hydroxyl groups excluding tert-OH is 3. The number of ether oxygens (including phenoxy) is 5. The number of rotatable bonds is 6. The Balaban J connectivity index is 0.837. The highest BCUT2D eigenvalue weighted by molar-refractivity contribution is 6.17. The summed E-state index contributed by atoms with van der Waals surface area (Å²) in [7, 11) is 1.64. The fraction of sp³-hybridized carbons (Fsp3) is 0.600. The lowest BCUT2D eigenvalue weighted by atomic mass is 9.52. The second-order valence-corrected chi connectivity index (χ2v) is 32.8. The summed E-state index contributed by atoms with van der Waals surface area (Å²) in [5.74, 6) is 4.07. The molecule has 4 aliphatic heterocycles. The smallest absolute Gasteiger partial charge is 0.254 e. The maximum Gasteiger partial charge on any atom is 0.254 e. The number of benzene rings is 4. The molecule has 4 aromatic carbocycles. The van der Waals surface area contributed by atoms with E-state index >= 15 is 4.79 Å². The number of fused-ring (bicyclic) bond motifs is 11. The van der Waals surface area contributed by atoms with Crippen LogP contribution < -0.4 is 9.47 Å². The zero-order valence-corrected chi connectivity index (χ0v) is 54.8. The van der Waals surface area contributed by atoms with Crippen molar-refractivity contribution in [3.63, 3.8) is 0 Å². The summed E-state index contributed by atoms with van der Waals surface area (Å²) < 4.78 is 34.6. The molecule has 10 aliphatic carbocycles. The number of aryl methyl sites for hydroxylation is 2. The largest absolute Gasteiger partial charge is 0.506 e. The topological polar surface area (TPSA) is 221 Å². The molecule has 1 aromatic heterocycles. The van der Waals surface area contributed by atoms with Gasteiger partial charge in [0.15, 0.2) is 17.5 Å². The van der Waals surface area contributed by atoms with Crippen molar-refractivity contribution < 1.29 is 63.9 Å². The lowest BCUT2D eigenvalue weighted by Crippen LogP contribution is -2.70. The van der Waals surface area contributed by atoms with Crippen LogP contribution in [0.25, 0.3) is 33.3 Å². The number of aromatic nitrogens is 1. The van der Waals surface area contributed by atoms with Gasteiger partial charge in [0.05, 0.1) is 49.0 Å². The maximum atomic E-state index is 15.8. The van der Waals surface area contributed by atoms with Gasteiger partial charge < -0.3 is 64.2 Å². The van der Waals surface area contributed by atoms with E-state index in [9.17, 15) is 35.4 Å². The molecule has 5 aromatic rings. The van der Waals surface area contributed by atoms with Crippen molar-refractivity contribution in [2.45, 2.75) is 227 Å². The third-order valence-electron chi connectivity index (χ3n) is 28.4. The van der Waals surface area contributed by atoms with Gasteiger partial charge >= 0.3 is 0 Å². The normalized spacial score (nSPS) is 37.6. The average Bonchev–Trinajstić information content (AvgIpc) is 1.57. The van der Waals surface area contributed by atoms with Crippen LogP contribution >= 0.6 is 0 Å². The molecule has 4 spiro atoms. The molecule has 95 heavy (non-hydrogen) atoms. The first kappa shape index (κ1) is 60.0. The molecule has 19 rings (SSSR count). The predicted molar refractivity (Wildman–Crippen MR) is 356 cm³/mol. The summed E-state index contributed by atoms with van der Waals surface area (Å²) in [5, 5.41) is 76.5. The van der Waals surface area contributed by atoms with Gasteiger partial charge in [0.25, 0.3) is 5.91 Å². The zero-order valence-electron chi connectivity index (χ0n) is 54.8. The number of phenolic OH excluding ortho intramolecular Hbond substituents is 1. The Bertz CT molecular complexity index is 4260. The van der Waals surface area contributed by atoms with Crippen molar-refractivity contribution in [1.29, 1.82) is 0 Å². The highest BCUT2D eigenvalue weighted by Gasteiger charge is 2.69. The molecule has 15 nitrogen and oxygen atoms in total. The number of Topliss-reactive ketones (excluding diaryl/α,β-unsaturated/α-hetero) is 1. The van der Waals surface area contributed by atoms with Gasteiger partial charge in [-0.1, -0.05) is 55.9 Å². The Morgan fingerprint density at radius 2 is 1.73 bits per heavy atom. The van der Waals surface area contributed by atoms with Gasteiger partial charge in [-0.05, 0) is 243 Å². The van der Waals surface area contributed by atoms with Crippen LogP contribution in [0.15, 0.2) is 42.6 Å². The number of hydrogen-bond donors (Lipinski definition) is 7. The van der Waals surface area contributed by atoms with Crippen molar-refractivity contribution in [2.75, 3.05) is 33.5 Å². The second-order valence-electron chi connectivity index (χ2n) is 32.8. The number of hydrogen-bond acceptors (Lipinski definition) is 13. The van der Waals surface area contributed by atoms with Crippen LogP contribution in [0.2, 0.25) is 0 Å². The molecule has 0 radical (unpaired) electrons. The van der Waals surface area contributed by atoms with E-state index in [4.69, 9.17) is 23.7 Å². The summed E-state index contributed by atoms with van der Waals surface area (Å²) in [4.78, 5) is 35.7. The molecule has 15 atom stereocenters.